The quantitative estimate of drug-likeness (QED) is 0.574. The second-order valence-corrected chi connectivity index (χ2v) is 7.32. The summed E-state index contributed by atoms with van der Waals surface area (Å²) in [6, 6.07) is 10.4. The molecule has 8 nitrogen and oxygen atoms in total. The van der Waals surface area contributed by atoms with Crippen molar-refractivity contribution in [3.8, 4) is 0 Å². The number of nitrogens with zero attached hydrogens (tertiary/aromatic N) is 2. The molecule has 0 aliphatic rings. The first-order valence-electron chi connectivity index (χ1n) is 7.60. The Labute approximate surface area is 157 Å². The maximum atomic E-state index is 12.6. The van der Waals surface area contributed by atoms with Gasteiger partial charge in [-0.2, -0.15) is 21.6 Å². The van der Waals surface area contributed by atoms with Crippen molar-refractivity contribution in [2.24, 2.45) is 0 Å². The molecule has 150 valence electrons. The summed E-state index contributed by atoms with van der Waals surface area (Å²) in [5.41, 5.74) is -6.42. The zero-order chi connectivity index (χ0) is 21.1. The number of rotatable bonds is 6. The average molecular weight is 417 g/mol. The van der Waals surface area contributed by atoms with E-state index in [2.05, 4.69) is 0 Å². The number of para-hydroxylation sites is 2. The Morgan fingerprint density at radius 2 is 1.71 bits per heavy atom. The fourth-order valence-corrected chi connectivity index (χ4v) is 2.91. The van der Waals surface area contributed by atoms with Gasteiger partial charge >= 0.3 is 15.5 Å². The highest BCUT2D eigenvalue weighted by atomic mass is 32.2. The summed E-state index contributed by atoms with van der Waals surface area (Å²) in [5.74, 6) is -0.749. The number of nitro groups is 1. The van der Waals surface area contributed by atoms with Crippen LogP contribution in [0.5, 0.6) is 0 Å². The van der Waals surface area contributed by atoms with Gasteiger partial charge in [-0.05, 0) is 17.7 Å². The third-order valence-corrected chi connectivity index (χ3v) is 4.75. The van der Waals surface area contributed by atoms with Crippen molar-refractivity contribution in [1.29, 1.82) is 0 Å². The van der Waals surface area contributed by atoms with E-state index in [1.807, 2.05) is 0 Å². The lowest BCUT2D eigenvalue weighted by atomic mass is 10.1. The highest BCUT2D eigenvalue weighted by Gasteiger charge is 2.46. The third kappa shape index (κ3) is 4.57. The fraction of sp³-hybridized carbons (Fsp3) is 0.188. The zero-order valence-electron chi connectivity index (χ0n) is 14.3. The number of benzene rings is 2. The van der Waals surface area contributed by atoms with E-state index in [-0.39, 0.29) is 23.4 Å². The van der Waals surface area contributed by atoms with Gasteiger partial charge in [0.05, 0.1) is 10.6 Å². The largest absolute Gasteiger partial charge is 0.516 e. The predicted molar refractivity (Wildman–Crippen MR) is 93.9 cm³/mol. The first-order chi connectivity index (χ1) is 12.9. The molecule has 1 N–H and O–H groups in total. The molecule has 1 amide bonds. The number of halogens is 3. The number of nitro benzene ring substituents is 1. The molecule has 0 unspecified atom stereocenters. The zero-order valence-corrected chi connectivity index (χ0v) is 15.1. The number of sulfonamides is 1. The Morgan fingerprint density at radius 1 is 1.14 bits per heavy atom. The van der Waals surface area contributed by atoms with Crippen molar-refractivity contribution in [2.45, 2.75) is 12.1 Å². The summed E-state index contributed by atoms with van der Waals surface area (Å²) >= 11 is 0. The summed E-state index contributed by atoms with van der Waals surface area (Å²) in [6.07, 6.45) is 0. The smallest absolute Gasteiger partial charge is 0.337 e. The van der Waals surface area contributed by atoms with Crippen LogP contribution in [0.15, 0.2) is 48.5 Å². The van der Waals surface area contributed by atoms with Crippen LogP contribution in [-0.2, 0) is 16.6 Å². The van der Waals surface area contributed by atoms with E-state index in [9.17, 15) is 36.5 Å². The SMILES string of the molecule is CN(Cc1ccccc1NS(=O)(=O)C(F)(F)F)C(=O)c1ccccc1[N+](=O)[O-]. The molecule has 2 aromatic rings. The van der Waals surface area contributed by atoms with Gasteiger partial charge in [0.2, 0.25) is 0 Å². The van der Waals surface area contributed by atoms with Crippen LogP contribution in [-0.4, -0.2) is 36.7 Å². The van der Waals surface area contributed by atoms with Crippen LogP contribution in [0, 0.1) is 10.1 Å². The molecule has 0 radical (unpaired) electrons. The predicted octanol–water partition coefficient (Wildman–Crippen LogP) is 3.13. The van der Waals surface area contributed by atoms with Gasteiger partial charge in [0, 0.05) is 19.7 Å². The molecular formula is C16H14F3N3O5S. The summed E-state index contributed by atoms with van der Waals surface area (Å²) in [6.45, 7) is -0.290. The minimum Gasteiger partial charge on any atom is -0.337 e. The van der Waals surface area contributed by atoms with E-state index in [1.165, 1.54) is 48.2 Å². The summed E-state index contributed by atoms with van der Waals surface area (Å²) in [5, 5.41) is 11.1. The lowest BCUT2D eigenvalue weighted by Gasteiger charge is -2.20. The second kappa shape index (κ2) is 7.84. The van der Waals surface area contributed by atoms with E-state index in [0.29, 0.717) is 0 Å². The molecule has 0 atom stereocenters. The first-order valence-corrected chi connectivity index (χ1v) is 9.08. The van der Waals surface area contributed by atoms with Crippen LogP contribution in [0.25, 0.3) is 0 Å². The van der Waals surface area contributed by atoms with Crippen molar-refractivity contribution >= 4 is 27.3 Å². The Morgan fingerprint density at radius 3 is 2.32 bits per heavy atom. The lowest BCUT2D eigenvalue weighted by Crippen LogP contribution is -2.31. The van der Waals surface area contributed by atoms with E-state index >= 15 is 0 Å². The van der Waals surface area contributed by atoms with Gasteiger partial charge in [0.15, 0.2) is 0 Å². The average Bonchev–Trinajstić information content (AvgIpc) is 2.61. The Balaban J connectivity index is 2.30. The van der Waals surface area contributed by atoms with Gasteiger partial charge in [0.25, 0.3) is 11.6 Å². The summed E-state index contributed by atoms with van der Waals surface area (Å²) in [4.78, 5) is 23.9. The molecule has 0 heterocycles. The van der Waals surface area contributed by atoms with Gasteiger partial charge in [-0.3, -0.25) is 19.6 Å². The van der Waals surface area contributed by atoms with Crippen LogP contribution in [0.4, 0.5) is 24.5 Å². The molecule has 0 aliphatic heterocycles. The van der Waals surface area contributed by atoms with Gasteiger partial charge in [-0.25, -0.2) is 0 Å². The van der Waals surface area contributed by atoms with Crippen molar-refractivity contribution in [3.63, 3.8) is 0 Å². The van der Waals surface area contributed by atoms with Crippen LogP contribution in [0.1, 0.15) is 15.9 Å². The second-order valence-electron chi connectivity index (χ2n) is 5.64. The van der Waals surface area contributed by atoms with Crippen molar-refractivity contribution in [2.75, 3.05) is 11.8 Å². The maximum absolute atomic E-state index is 12.6. The number of hydrogen-bond donors (Lipinski definition) is 1. The molecular weight excluding hydrogens is 403 g/mol. The van der Waals surface area contributed by atoms with Gasteiger partial charge in [0.1, 0.15) is 5.56 Å². The monoisotopic (exact) mass is 417 g/mol. The summed E-state index contributed by atoms with van der Waals surface area (Å²) in [7, 11) is -4.36. The molecule has 0 saturated carbocycles. The summed E-state index contributed by atoms with van der Waals surface area (Å²) < 4.78 is 61.9. The van der Waals surface area contributed by atoms with Crippen LogP contribution in [0.2, 0.25) is 0 Å². The highest BCUT2D eigenvalue weighted by molar-refractivity contribution is 7.93. The third-order valence-electron chi connectivity index (χ3n) is 3.65. The van der Waals surface area contributed by atoms with Crippen LogP contribution >= 0.6 is 0 Å². The Kier molecular flexibility index (Phi) is 5.92. The van der Waals surface area contributed by atoms with E-state index < -0.39 is 32.0 Å². The fourth-order valence-electron chi connectivity index (χ4n) is 2.31. The molecule has 0 fully saturated rings. The Bertz CT molecular complexity index is 1010. The molecule has 0 saturated heterocycles. The molecule has 0 aliphatic carbocycles. The van der Waals surface area contributed by atoms with Gasteiger partial charge < -0.3 is 4.90 Å². The van der Waals surface area contributed by atoms with Gasteiger partial charge in [-0.1, -0.05) is 30.3 Å². The number of nitrogens with one attached hydrogen (secondary N) is 1. The molecule has 12 heteroatoms. The van der Waals surface area contributed by atoms with Crippen molar-refractivity contribution < 1.29 is 31.3 Å². The number of hydrogen-bond acceptors (Lipinski definition) is 5. The normalized spacial score (nSPS) is 11.7. The Hall–Kier alpha value is -3.15. The van der Waals surface area contributed by atoms with E-state index in [0.717, 1.165) is 17.0 Å². The minimum atomic E-state index is -5.64. The lowest BCUT2D eigenvalue weighted by molar-refractivity contribution is -0.385. The number of alkyl halides is 3. The van der Waals surface area contributed by atoms with E-state index in [1.54, 1.807) is 0 Å². The number of carbonyl (C=O) groups excluding carboxylic acids is 1. The highest BCUT2D eigenvalue weighted by Crippen LogP contribution is 2.28. The maximum Gasteiger partial charge on any atom is 0.516 e. The number of anilines is 1. The standard InChI is InChI=1S/C16H14F3N3O5S/c1-21(15(23)12-7-3-5-9-14(12)22(24)25)10-11-6-2-4-8-13(11)20-28(26,27)16(17,18)19/h2-9,20H,10H2,1H3. The van der Waals surface area contributed by atoms with E-state index in [4.69, 9.17) is 0 Å². The molecule has 0 bridgehead atoms. The minimum absolute atomic E-state index is 0.0739. The molecule has 0 aromatic heterocycles. The molecule has 2 aromatic carbocycles. The van der Waals surface area contributed by atoms with Gasteiger partial charge in [-0.15, -0.1) is 0 Å². The van der Waals surface area contributed by atoms with Crippen LogP contribution < -0.4 is 4.72 Å². The molecule has 0 spiro atoms. The van der Waals surface area contributed by atoms with Crippen molar-refractivity contribution in [3.05, 3.63) is 69.8 Å². The first kappa shape index (κ1) is 21.2. The number of amides is 1. The molecule has 2 rings (SSSR count). The topological polar surface area (TPSA) is 110 Å². The number of carbonyl (C=O) groups is 1. The molecule has 28 heavy (non-hydrogen) atoms. The van der Waals surface area contributed by atoms with Crippen molar-refractivity contribution in [1.82, 2.24) is 4.90 Å². The van der Waals surface area contributed by atoms with Crippen LogP contribution in [0.3, 0.4) is 0 Å².